The minimum atomic E-state index is 0.453. The average Bonchev–Trinajstić information content (AvgIpc) is 3.14. The summed E-state index contributed by atoms with van der Waals surface area (Å²) in [5.41, 5.74) is 2.00. The Labute approximate surface area is 117 Å². The third kappa shape index (κ3) is 2.01. The van der Waals surface area contributed by atoms with Crippen molar-refractivity contribution in [1.82, 2.24) is 15.2 Å². The monoisotopic (exact) mass is 267 g/mol. The highest BCUT2D eigenvalue weighted by Gasteiger charge is 2.22. The van der Waals surface area contributed by atoms with Crippen LogP contribution >= 0.6 is 0 Å². The van der Waals surface area contributed by atoms with E-state index >= 15 is 0 Å². The first kappa shape index (κ1) is 11.7. The standard InChI is InChI=1S/C16H17N3O/c1-2-6-11(7-3-1)15-18-19-16(20-15)14-10-12-8-4-5-9-13(12)17-14/h4-5,8-11,17H,1-3,6-7H2. The molecule has 102 valence electrons. The van der Waals surface area contributed by atoms with E-state index in [1.807, 2.05) is 12.1 Å². The lowest BCUT2D eigenvalue weighted by molar-refractivity contribution is 0.367. The maximum atomic E-state index is 5.89. The highest BCUT2D eigenvalue weighted by Crippen LogP contribution is 2.33. The molecule has 3 aromatic rings. The van der Waals surface area contributed by atoms with Crippen LogP contribution in [0.5, 0.6) is 0 Å². The molecule has 4 nitrogen and oxygen atoms in total. The van der Waals surface area contributed by atoms with Crippen molar-refractivity contribution in [3.05, 3.63) is 36.2 Å². The molecule has 4 rings (SSSR count). The summed E-state index contributed by atoms with van der Waals surface area (Å²) in [6.07, 6.45) is 6.23. The van der Waals surface area contributed by atoms with E-state index in [1.165, 1.54) is 37.5 Å². The van der Waals surface area contributed by atoms with Gasteiger partial charge in [0.1, 0.15) is 5.69 Å². The molecule has 20 heavy (non-hydrogen) atoms. The van der Waals surface area contributed by atoms with Crippen LogP contribution in [0.25, 0.3) is 22.5 Å². The van der Waals surface area contributed by atoms with Crippen LogP contribution in [0.4, 0.5) is 0 Å². The number of aromatic amines is 1. The Hall–Kier alpha value is -2.10. The van der Waals surface area contributed by atoms with Crippen LogP contribution in [0.1, 0.15) is 43.9 Å². The number of hydrogen-bond donors (Lipinski definition) is 1. The van der Waals surface area contributed by atoms with Gasteiger partial charge in [-0.1, -0.05) is 37.5 Å². The Bertz CT molecular complexity index is 689. The zero-order valence-electron chi connectivity index (χ0n) is 11.3. The summed E-state index contributed by atoms with van der Waals surface area (Å²) in [4.78, 5) is 3.33. The van der Waals surface area contributed by atoms with E-state index in [0.717, 1.165) is 17.1 Å². The first-order chi connectivity index (χ1) is 9.90. The third-order valence-electron chi connectivity index (χ3n) is 4.16. The van der Waals surface area contributed by atoms with Crippen LogP contribution in [-0.2, 0) is 0 Å². The second-order valence-electron chi connectivity index (χ2n) is 5.55. The summed E-state index contributed by atoms with van der Waals surface area (Å²) in [6.45, 7) is 0. The molecule has 0 aliphatic heterocycles. The van der Waals surface area contributed by atoms with Crippen molar-refractivity contribution in [2.45, 2.75) is 38.0 Å². The fraction of sp³-hybridized carbons (Fsp3) is 0.375. The number of rotatable bonds is 2. The molecule has 0 bridgehead atoms. The van der Waals surface area contributed by atoms with Gasteiger partial charge in [0.15, 0.2) is 0 Å². The highest BCUT2D eigenvalue weighted by molar-refractivity contribution is 5.84. The van der Waals surface area contributed by atoms with E-state index in [2.05, 4.69) is 33.4 Å². The maximum absolute atomic E-state index is 5.89. The van der Waals surface area contributed by atoms with Crippen LogP contribution < -0.4 is 0 Å². The number of H-pyrrole nitrogens is 1. The molecule has 0 unspecified atom stereocenters. The fourth-order valence-electron chi connectivity index (χ4n) is 3.05. The molecule has 4 heteroatoms. The van der Waals surface area contributed by atoms with Crippen molar-refractivity contribution in [3.63, 3.8) is 0 Å². The fourth-order valence-corrected chi connectivity index (χ4v) is 3.05. The summed E-state index contributed by atoms with van der Waals surface area (Å²) in [5, 5.41) is 9.63. The molecule has 1 aliphatic rings. The van der Waals surface area contributed by atoms with E-state index in [9.17, 15) is 0 Å². The average molecular weight is 267 g/mol. The molecular formula is C16H17N3O. The molecule has 0 amide bonds. The molecule has 1 fully saturated rings. The first-order valence-electron chi connectivity index (χ1n) is 7.32. The molecule has 1 saturated carbocycles. The van der Waals surface area contributed by atoms with E-state index in [-0.39, 0.29) is 0 Å². The minimum absolute atomic E-state index is 0.453. The van der Waals surface area contributed by atoms with Gasteiger partial charge in [0.05, 0.1) is 0 Å². The third-order valence-corrected chi connectivity index (χ3v) is 4.16. The molecule has 1 aliphatic carbocycles. The van der Waals surface area contributed by atoms with Gasteiger partial charge in [-0.15, -0.1) is 10.2 Å². The molecule has 1 N–H and O–H groups in total. The molecule has 2 heterocycles. The second-order valence-corrected chi connectivity index (χ2v) is 5.55. The van der Waals surface area contributed by atoms with Gasteiger partial charge in [0, 0.05) is 16.8 Å². The molecule has 0 saturated heterocycles. The van der Waals surface area contributed by atoms with Gasteiger partial charge in [0.25, 0.3) is 5.89 Å². The van der Waals surface area contributed by atoms with Crippen molar-refractivity contribution >= 4 is 10.9 Å². The van der Waals surface area contributed by atoms with Crippen molar-refractivity contribution in [2.75, 3.05) is 0 Å². The SMILES string of the molecule is c1ccc2[nH]c(-c3nnc(C4CCCCC4)o3)cc2c1. The lowest BCUT2D eigenvalue weighted by atomic mass is 9.89. The van der Waals surface area contributed by atoms with Gasteiger partial charge >= 0.3 is 0 Å². The quantitative estimate of drug-likeness (QED) is 0.754. The van der Waals surface area contributed by atoms with Gasteiger partial charge in [-0.2, -0.15) is 0 Å². The van der Waals surface area contributed by atoms with Crippen LogP contribution in [0.3, 0.4) is 0 Å². The highest BCUT2D eigenvalue weighted by atomic mass is 16.4. The van der Waals surface area contributed by atoms with Gasteiger partial charge in [0.2, 0.25) is 5.89 Å². The molecule has 0 spiro atoms. The number of nitrogens with zero attached hydrogens (tertiary/aromatic N) is 2. The summed E-state index contributed by atoms with van der Waals surface area (Å²) < 4.78 is 5.89. The number of para-hydroxylation sites is 1. The van der Waals surface area contributed by atoms with E-state index < -0.39 is 0 Å². The van der Waals surface area contributed by atoms with E-state index in [4.69, 9.17) is 4.42 Å². The normalized spacial score (nSPS) is 16.8. The zero-order chi connectivity index (χ0) is 13.4. The predicted octanol–water partition coefficient (Wildman–Crippen LogP) is 4.27. The lowest BCUT2D eigenvalue weighted by Gasteiger charge is -2.17. The molecule has 0 atom stereocenters. The second kappa shape index (κ2) is 4.78. The number of nitrogens with one attached hydrogen (secondary N) is 1. The van der Waals surface area contributed by atoms with Crippen LogP contribution in [0.15, 0.2) is 34.7 Å². The number of aromatic nitrogens is 3. The van der Waals surface area contributed by atoms with Crippen LogP contribution in [0.2, 0.25) is 0 Å². The van der Waals surface area contributed by atoms with Crippen LogP contribution in [-0.4, -0.2) is 15.2 Å². The van der Waals surface area contributed by atoms with E-state index in [0.29, 0.717) is 11.8 Å². The van der Waals surface area contributed by atoms with Crippen molar-refractivity contribution in [3.8, 4) is 11.6 Å². The number of hydrogen-bond acceptors (Lipinski definition) is 3. The zero-order valence-corrected chi connectivity index (χ0v) is 11.3. The topological polar surface area (TPSA) is 54.7 Å². The van der Waals surface area contributed by atoms with Crippen molar-refractivity contribution in [1.29, 1.82) is 0 Å². The molecule has 2 aromatic heterocycles. The lowest BCUT2D eigenvalue weighted by Crippen LogP contribution is -2.04. The van der Waals surface area contributed by atoms with Gasteiger partial charge < -0.3 is 9.40 Å². The van der Waals surface area contributed by atoms with Crippen molar-refractivity contribution in [2.24, 2.45) is 0 Å². The van der Waals surface area contributed by atoms with Gasteiger partial charge in [-0.25, -0.2) is 0 Å². The Kier molecular flexibility index (Phi) is 2.80. The van der Waals surface area contributed by atoms with Gasteiger partial charge in [-0.3, -0.25) is 0 Å². The molecule has 1 aromatic carbocycles. The smallest absolute Gasteiger partial charge is 0.264 e. The molecule has 0 radical (unpaired) electrons. The largest absolute Gasteiger partial charge is 0.419 e. The van der Waals surface area contributed by atoms with Gasteiger partial charge in [-0.05, 0) is 25.0 Å². The Morgan fingerprint density at radius 1 is 1.05 bits per heavy atom. The summed E-state index contributed by atoms with van der Waals surface area (Å²) >= 11 is 0. The number of fused-ring (bicyclic) bond motifs is 1. The Morgan fingerprint density at radius 2 is 1.90 bits per heavy atom. The van der Waals surface area contributed by atoms with Crippen molar-refractivity contribution < 1.29 is 4.42 Å². The first-order valence-corrected chi connectivity index (χ1v) is 7.32. The predicted molar refractivity (Wildman–Crippen MR) is 77.4 cm³/mol. The Balaban J connectivity index is 1.66. The summed E-state index contributed by atoms with van der Waals surface area (Å²) in [6, 6.07) is 10.2. The molecular weight excluding hydrogens is 250 g/mol. The van der Waals surface area contributed by atoms with E-state index in [1.54, 1.807) is 0 Å². The maximum Gasteiger partial charge on any atom is 0.264 e. The minimum Gasteiger partial charge on any atom is -0.419 e. The number of benzene rings is 1. The Morgan fingerprint density at radius 3 is 2.75 bits per heavy atom. The van der Waals surface area contributed by atoms with Crippen LogP contribution in [0, 0.1) is 0 Å². The summed E-state index contributed by atoms with van der Waals surface area (Å²) in [7, 11) is 0. The summed E-state index contributed by atoms with van der Waals surface area (Å²) in [5.74, 6) is 1.86.